The minimum atomic E-state index is 0.433. The van der Waals surface area contributed by atoms with Gasteiger partial charge in [0, 0.05) is 49.4 Å². The first-order chi connectivity index (χ1) is 44.3. The molecule has 0 N–H and O–H groups in total. The lowest BCUT2D eigenvalue weighted by atomic mass is 9.95. The summed E-state index contributed by atoms with van der Waals surface area (Å²) in [5, 5.41) is 45.5. The lowest BCUT2D eigenvalue weighted by molar-refractivity contribution is 1.07. The molecule has 0 radical (unpaired) electrons. The Morgan fingerprint density at radius 1 is 0.289 bits per heavy atom. The number of fused-ring (bicyclic) bond motifs is 6. The summed E-state index contributed by atoms with van der Waals surface area (Å²) in [5.41, 5.74) is 18.7. The maximum Gasteiger partial charge on any atom is 0.187 e. The maximum absolute atomic E-state index is 11.9. The second-order valence-electron chi connectivity index (χ2n) is 21.9. The van der Waals surface area contributed by atoms with Gasteiger partial charge in [-0.1, -0.05) is 164 Å². The minimum absolute atomic E-state index is 0.433. The van der Waals surface area contributed by atoms with Crippen LogP contribution < -0.4 is 0 Å². The van der Waals surface area contributed by atoms with Crippen molar-refractivity contribution in [1.29, 1.82) is 21.0 Å². The van der Waals surface area contributed by atoms with Crippen molar-refractivity contribution in [2.75, 3.05) is 0 Å². The van der Waals surface area contributed by atoms with Crippen LogP contribution in [0.2, 0.25) is 0 Å². The molecule has 3 aromatic heterocycles. The highest BCUT2D eigenvalue weighted by atomic mass is 15.0. The topological polar surface area (TPSA) is 148 Å². The van der Waals surface area contributed by atoms with Crippen LogP contribution in [0.3, 0.4) is 0 Å². The van der Waals surface area contributed by atoms with Crippen molar-refractivity contribution in [1.82, 2.24) is 24.1 Å². The molecule has 0 unspecified atom stereocenters. The van der Waals surface area contributed by atoms with Crippen molar-refractivity contribution < 1.29 is 0 Å². The highest BCUT2D eigenvalue weighted by Crippen LogP contribution is 2.45. The van der Waals surface area contributed by atoms with Gasteiger partial charge in [0.25, 0.3) is 0 Å². The van der Waals surface area contributed by atoms with Crippen LogP contribution in [0, 0.1) is 51.9 Å². The Morgan fingerprint density at radius 3 is 1.08 bits per heavy atom. The lowest BCUT2D eigenvalue weighted by Crippen LogP contribution is -2.04. The summed E-state index contributed by atoms with van der Waals surface area (Å²) in [6.07, 6.45) is 0. The summed E-state index contributed by atoms with van der Waals surface area (Å²) < 4.78 is 4.43. The Hall–Kier alpha value is -13.3. The van der Waals surface area contributed by atoms with Crippen LogP contribution in [-0.4, -0.2) is 24.1 Å². The average Bonchev–Trinajstić information content (AvgIpc) is 1.58. The van der Waals surface area contributed by atoms with Gasteiger partial charge in [0.1, 0.15) is 6.07 Å². The van der Waals surface area contributed by atoms with Crippen molar-refractivity contribution >= 4 is 49.3 Å². The van der Waals surface area contributed by atoms with E-state index in [0.717, 1.165) is 110 Å². The highest BCUT2D eigenvalue weighted by molar-refractivity contribution is 6.14. The Balaban J connectivity index is 1.01. The normalized spacial score (nSPS) is 11.1. The molecule has 3 heterocycles. The highest BCUT2D eigenvalue weighted by Gasteiger charge is 2.25. The molecule has 10 nitrogen and oxygen atoms in total. The first-order valence-electron chi connectivity index (χ1n) is 29.1. The van der Waals surface area contributed by atoms with Crippen LogP contribution in [0.1, 0.15) is 22.3 Å². The van der Waals surface area contributed by atoms with E-state index in [9.17, 15) is 21.0 Å². The predicted octanol–water partition coefficient (Wildman–Crippen LogP) is 19.4. The number of nitriles is 4. The number of hydrogen-bond acceptors (Lipinski definition) is 7. The van der Waals surface area contributed by atoms with Gasteiger partial charge in [-0.25, -0.2) is 19.8 Å². The van der Waals surface area contributed by atoms with Gasteiger partial charge >= 0.3 is 0 Å². The van der Waals surface area contributed by atoms with Crippen LogP contribution in [0.5, 0.6) is 0 Å². The molecule has 15 rings (SSSR count). The Bertz CT molecular complexity index is 5400. The first-order valence-corrected chi connectivity index (χ1v) is 29.1. The van der Waals surface area contributed by atoms with Gasteiger partial charge in [-0.3, -0.25) is 0 Å². The number of hydrogen-bond donors (Lipinski definition) is 0. The van der Waals surface area contributed by atoms with Crippen molar-refractivity contribution in [3.8, 4) is 125 Å². The second kappa shape index (κ2) is 22.3. The van der Waals surface area contributed by atoms with Crippen molar-refractivity contribution in [3.05, 3.63) is 301 Å². The van der Waals surface area contributed by atoms with Crippen molar-refractivity contribution in [3.63, 3.8) is 0 Å². The Labute approximate surface area is 517 Å². The zero-order valence-corrected chi connectivity index (χ0v) is 47.9. The smallest absolute Gasteiger partial charge is 0.187 e. The third-order valence-electron chi connectivity index (χ3n) is 16.7. The molecule has 0 fully saturated rings. The third-order valence-corrected chi connectivity index (χ3v) is 16.7. The molecule has 414 valence electrons. The molecule has 90 heavy (non-hydrogen) atoms. The monoisotopic (exact) mass is 1140 g/mol. The fraction of sp³-hybridized carbons (Fsp3) is 0. The van der Waals surface area contributed by atoms with E-state index in [1.165, 1.54) is 0 Å². The molecule has 0 amide bonds. The van der Waals surface area contributed by atoms with Gasteiger partial charge in [0.2, 0.25) is 0 Å². The molecule has 0 aliphatic heterocycles. The third kappa shape index (κ3) is 9.41. The summed E-state index contributed by atoms with van der Waals surface area (Å²) in [4.78, 5) is 19.2. The van der Waals surface area contributed by atoms with E-state index < -0.39 is 0 Å². The zero-order valence-electron chi connectivity index (χ0n) is 47.9. The fourth-order valence-electron chi connectivity index (χ4n) is 12.4. The molecule has 0 saturated carbocycles. The fourth-order valence-corrected chi connectivity index (χ4v) is 12.4. The van der Waals surface area contributed by atoms with E-state index in [2.05, 4.69) is 123 Å². The van der Waals surface area contributed by atoms with Crippen molar-refractivity contribution in [2.24, 2.45) is 0 Å². The van der Waals surface area contributed by atoms with Gasteiger partial charge in [0.15, 0.2) is 23.2 Å². The number of benzene rings is 12. The van der Waals surface area contributed by atoms with Gasteiger partial charge in [0.05, 0.1) is 80.5 Å². The number of aromatic nitrogens is 5. The lowest BCUT2D eigenvalue weighted by Gasteiger charge is -2.19. The summed E-state index contributed by atoms with van der Waals surface area (Å²) >= 11 is 0. The van der Waals surface area contributed by atoms with Gasteiger partial charge in [-0.15, -0.1) is 0 Å². The van der Waals surface area contributed by atoms with Crippen LogP contribution in [0.15, 0.2) is 267 Å². The molecular formula is C80H44N10. The summed E-state index contributed by atoms with van der Waals surface area (Å²) in [6.45, 7) is 7.86. The minimum Gasteiger partial charge on any atom is -0.309 e. The molecule has 15 aromatic rings. The van der Waals surface area contributed by atoms with E-state index in [1.807, 2.05) is 164 Å². The molecule has 0 saturated heterocycles. The van der Waals surface area contributed by atoms with E-state index in [1.54, 1.807) is 18.2 Å². The van der Waals surface area contributed by atoms with Crippen LogP contribution in [-0.2, 0) is 0 Å². The molecule has 0 bridgehead atoms. The Kier molecular flexibility index (Phi) is 13.2. The molecular weight excluding hydrogens is 1100 g/mol. The summed E-state index contributed by atoms with van der Waals surface area (Å²) in [7, 11) is 0. The number of nitrogens with zero attached hydrogens (tertiary/aromatic N) is 10. The van der Waals surface area contributed by atoms with Gasteiger partial charge in [-0.2, -0.15) is 21.0 Å². The standard InChI is InChI=1S/C80H44N10/c1-85-64-24-11-23-58(40-64)62-31-36-76-70(44-62)69-43-61(57-22-10-15-52(39-57)48-83)30-35-75(69)90(76)77-45-63(80-87-78(53-16-4-2-5-17-53)86-79(88-80)54-18-6-3-7-19-54)27-32-66(77)65-25-12-26-72(71(65)49-84)89-73-33-28-59(55-20-8-13-50(37-55)46-81)41-67(73)68-42-60(29-34-74(68)89)56-21-9-14-51(38-56)47-82/h2-45H. The van der Waals surface area contributed by atoms with Crippen LogP contribution in [0.4, 0.5) is 5.69 Å². The summed E-state index contributed by atoms with van der Waals surface area (Å²) in [5.74, 6) is 1.48. The van der Waals surface area contributed by atoms with E-state index >= 15 is 0 Å². The largest absolute Gasteiger partial charge is 0.309 e. The molecule has 0 aliphatic rings. The molecule has 0 aliphatic carbocycles. The molecule has 0 spiro atoms. The van der Waals surface area contributed by atoms with Crippen LogP contribution in [0.25, 0.3) is 150 Å². The molecule has 12 aromatic carbocycles. The van der Waals surface area contributed by atoms with Crippen LogP contribution >= 0.6 is 0 Å². The maximum atomic E-state index is 11.9. The quantitative estimate of drug-likeness (QED) is 0.124. The second-order valence-corrected chi connectivity index (χ2v) is 21.9. The summed E-state index contributed by atoms with van der Waals surface area (Å²) in [6, 6.07) is 97.5. The van der Waals surface area contributed by atoms with E-state index in [4.69, 9.17) is 21.5 Å². The molecule has 0 atom stereocenters. The zero-order chi connectivity index (χ0) is 60.8. The van der Waals surface area contributed by atoms with E-state index in [0.29, 0.717) is 62.2 Å². The molecule has 10 heteroatoms. The van der Waals surface area contributed by atoms with Crippen molar-refractivity contribution in [2.45, 2.75) is 0 Å². The SMILES string of the molecule is [C-]#[N+]c1cccc(-c2ccc3c(c2)c2cc(-c4cccc(C#N)c4)ccc2n3-c2cc(-c3nc(-c4ccccc4)nc(-c4ccccc4)n3)ccc2-c2cccc(-n3c4ccc(-c5cccc(C#N)c5)cc4c4cc(-c5cccc(C#N)c5)ccc43)c2C#N)c1. The van der Waals surface area contributed by atoms with Gasteiger partial charge in [-0.05, 0) is 148 Å². The number of rotatable bonds is 10. The predicted molar refractivity (Wildman–Crippen MR) is 357 cm³/mol. The first kappa shape index (κ1) is 53.4. The van der Waals surface area contributed by atoms with Gasteiger partial charge < -0.3 is 9.13 Å². The average molecular weight is 1150 g/mol. The Morgan fingerprint density at radius 2 is 0.656 bits per heavy atom. The van der Waals surface area contributed by atoms with E-state index in [-0.39, 0.29) is 0 Å².